The van der Waals surface area contributed by atoms with Gasteiger partial charge < -0.3 is 14.6 Å². The third kappa shape index (κ3) is 5.78. The monoisotopic (exact) mass is 530 g/mol. The third-order valence-electron chi connectivity index (χ3n) is 7.19. The van der Waals surface area contributed by atoms with Crippen LogP contribution in [-0.4, -0.2) is 22.9 Å². The Kier molecular flexibility index (Phi) is 8.27. The molecule has 0 aliphatic carbocycles. The van der Waals surface area contributed by atoms with E-state index in [2.05, 4.69) is 55.8 Å². The summed E-state index contributed by atoms with van der Waals surface area (Å²) in [6.07, 6.45) is 0.227. The van der Waals surface area contributed by atoms with E-state index in [1.54, 1.807) is 19.1 Å². The lowest BCUT2D eigenvalue weighted by Crippen LogP contribution is -2.26. The largest absolute Gasteiger partial charge is 0.483 e. The van der Waals surface area contributed by atoms with E-state index in [-0.39, 0.29) is 11.9 Å². The molecule has 5 nitrogen and oxygen atoms in total. The van der Waals surface area contributed by atoms with Crippen LogP contribution in [0.25, 0.3) is 10.9 Å². The Balaban J connectivity index is 1.59. The molecule has 38 heavy (non-hydrogen) atoms. The SMILES string of the molecule is Cc1c(C)n(Cc2cc(O[C@H](C)C=O)ccc2Cl)c2ccc(C(=O)N[C@@H](C)c3cccc(C(C)C)c3)cc12. The molecule has 0 saturated heterocycles. The highest BCUT2D eigenvalue weighted by Crippen LogP contribution is 2.30. The zero-order chi connectivity index (χ0) is 27.6. The van der Waals surface area contributed by atoms with Crippen LogP contribution in [0, 0.1) is 13.8 Å². The zero-order valence-electron chi connectivity index (χ0n) is 22.8. The lowest BCUT2D eigenvalue weighted by atomic mass is 9.98. The van der Waals surface area contributed by atoms with Crippen molar-refractivity contribution in [3.8, 4) is 5.75 Å². The molecule has 0 aliphatic heterocycles. The summed E-state index contributed by atoms with van der Waals surface area (Å²) in [5.74, 6) is 0.929. The first-order valence-corrected chi connectivity index (χ1v) is 13.4. The zero-order valence-corrected chi connectivity index (χ0v) is 23.6. The highest BCUT2D eigenvalue weighted by Gasteiger charge is 2.17. The Bertz CT molecular complexity index is 1490. The van der Waals surface area contributed by atoms with Gasteiger partial charge in [0.25, 0.3) is 5.91 Å². The number of halogens is 1. The standard InChI is InChI=1S/C32H35ClN2O3/c1-19(2)24-8-7-9-25(14-24)22(5)34-32(37)26-10-13-31-29(16-26)21(4)23(6)35(31)17-27-15-28(11-12-30(27)33)38-20(3)18-36/h7-16,18-20,22H,17H2,1-6H3,(H,34,37)/t20-,22+/m1/s1. The summed E-state index contributed by atoms with van der Waals surface area (Å²) in [4.78, 5) is 24.2. The number of ether oxygens (including phenoxy) is 1. The van der Waals surface area contributed by atoms with Gasteiger partial charge in [0.1, 0.15) is 5.75 Å². The molecule has 3 aromatic carbocycles. The van der Waals surface area contributed by atoms with Crippen LogP contribution in [0.15, 0.2) is 60.7 Å². The van der Waals surface area contributed by atoms with Crippen molar-refractivity contribution in [1.29, 1.82) is 0 Å². The normalized spacial score (nSPS) is 12.9. The first-order chi connectivity index (χ1) is 18.1. The molecular formula is C32H35ClN2O3. The van der Waals surface area contributed by atoms with Crippen LogP contribution in [-0.2, 0) is 11.3 Å². The minimum atomic E-state index is -0.535. The minimum absolute atomic E-state index is 0.101. The topological polar surface area (TPSA) is 60.3 Å². The lowest BCUT2D eigenvalue weighted by Gasteiger charge is -2.17. The van der Waals surface area contributed by atoms with E-state index < -0.39 is 6.10 Å². The molecule has 6 heteroatoms. The van der Waals surface area contributed by atoms with Crippen LogP contribution in [0.2, 0.25) is 5.02 Å². The van der Waals surface area contributed by atoms with Crippen molar-refractivity contribution in [2.75, 3.05) is 0 Å². The molecule has 0 saturated carbocycles. The highest BCUT2D eigenvalue weighted by molar-refractivity contribution is 6.31. The molecule has 0 aliphatic rings. The van der Waals surface area contributed by atoms with Gasteiger partial charge in [-0.05, 0) is 92.3 Å². The maximum Gasteiger partial charge on any atom is 0.251 e. The summed E-state index contributed by atoms with van der Waals surface area (Å²) in [6, 6.07) is 19.5. The fourth-order valence-corrected chi connectivity index (χ4v) is 4.88. The second kappa shape index (κ2) is 11.4. The van der Waals surface area contributed by atoms with Crippen molar-refractivity contribution < 1.29 is 14.3 Å². The minimum Gasteiger partial charge on any atom is -0.483 e. The van der Waals surface area contributed by atoms with Crippen molar-refractivity contribution in [2.24, 2.45) is 0 Å². The van der Waals surface area contributed by atoms with Crippen LogP contribution in [0.3, 0.4) is 0 Å². The van der Waals surface area contributed by atoms with Gasteiger partial charge in [0, 0.05) is 33.7 Å². The molecule has 0 unspecified atom stereocenters. The van der Waals surface area contributed by atoms with Crippen molar-refractivity contribution in [2.45, 2.75) is 66.2 Å². The number of hydrogen-bond acceptors (Lipinski definition) is 3. The molecule has 1 amide bonds. The average molecular weight is 531 g/mol. The molecule has 0 spiro atoms. The van der Waals surface area contributed by atoms with Gasteiger partial charge in [-0.1, -0.05) is 49.7 Å². The van der Waals surface area contributed by atoms with Gasteiger partial charge in [-0.25, -0.2) is 0 Å². The summed E-state index contributed by atoms with van der Waals surface area (Å²) < 4.78 is 7.86. The van der Waals surface area contributed by atoms with Crippen LogP contribution in [0.1, 0.15) is 78.0 Å². The summed E-state index contributed by atoms with van der Waals surface area (Å²) in [5, 5.41) is 4.81. The number of hydrogen-bond donors (Lipinski definition) is 1. The summed E-state index contributed by atoms with van der Waals surface area (Å²) in [6.45, 7) is 12.7. The predicted molar refractivity (Wildman–Crippen MR) is 155 cm³/mol. The fraction of sp³-hybridized carbons (Fsp3) is 0.312. The first kappa shape index (κ1) is 27.5. The van der Waals surface area contributed by atoms with E-state index in [9.17, 15) is 9.59 Å². The molecule has 2 atom stereocenters. The Labute approximate surface area is 229 Å². The number of nitrogens with one attached hydrogen (secondary N) is 1. The summed E-state index contributed by atoms with van der Waals surface area (Å²) >= 11 is 6.53. The number of benzene rings is 3. The molecule has 4 rings (SSSR count). The van der Waals surface area contributed by atoms with Crippen LogP contribution in [0.4, 0.5) is 0 Å². The number of fused-ring (bicyclic) bond motifs is 1. The van der Waals surface area contributed by atoms with Gasteiger partial charge in [0.05, 0.1) is 6.04 Å². The number of amides is 1. The maximum atomic E-state index is 13.2. The number of nitrogens with zero attached hydrogens (tertiary/aromatic N) is 1. The average Bonchev–Trinajstić information content (AvgIpc) is 3.14. The van der Waals surface area contributed by atoms with Gasteiger partial charge in [-0.3, -0.25) is 9.59 Å². The van der Waals surface area contributed by atoms with E-state index in [1.165, 1.54) is 5.56 Å². The van der Waals surface area contributed by atoms with Crippen LogP contribution >= 0.6 is 11.6 Å². The molecular weight excluding hydrogens is 496 g/mol. The maximum absolute atomic E-state index is 13.2. The van der Waals surface area contributed by atoms with Crippen molar-refractivity contribution in [3.05, 3.63) is 99.2 Å². The Morgan fingerprint density at radius 1 is 1.00 bits per heavy atom. The van der Waals surface area contributed by atoms with Crippen LogP contribution < -0.4 is 10.1 Å². The van der Waals surface area contributed by atoms with Crippen molar-refractivity contribution in [3.63, 3.8) is 0 Å². The molecule has 0 fully saturated rings. The number of aryl methyl sites for hydroxylation is 1. The van der Waals surface area contributed by atoms with E-state index in [4.69, 9.17) is 16.3 Å². The van der Waals surface area contributed by atoms with E-state index >= 15 is 0 Å². The fourth-order valence-electron chi connectivity index (χ4n) is 4.70. The molecule has 0 radical (unpaired) electrons. The van der Waals surface area contributed by atoms with E-state index in [0.29, 0.717) is 28.8 Å². The number of aldehydes is 1. The molecule has 198 valence electrons. The summed E-state index contributed by atoms with van der Waals surface area (Å²) in [7, 11) is 0. The van der Waals surface area contributed by atoms with Gasteiger partial charge in [0.15, 0.2) is 12.4 Å². The number of carbonyl (C=O) groups is 2. The second-order valence-electron chi connectivity index (χ2n) is 10.3. The Morgan fingerprint density at radius 3 is 2.45 bits per heavy atom. The van der Waals surface area contributed by atoms with Gasteiger partial charge in [-0.15, -0.1) is 0 Å². The van der Waals surface area contributed by atoms with E-state index in [1.807, 2.05) is 37.3 Å². The molecule has 0 bridgehead atoms. The molecule has 1 heterocycles. The second-order valence-corrected chi connectivity index (χ2v) is 10.7. The summed E-state index contributed by atoms with van der Waals surface area (Å²) in [5.41, 5.74) is 7.10. The number of rotatable bonds is 9. The van der Waals surface area contributed by atoms with Crippen molar-refractivity contribution >= 4 is 34.7 Å². The molecule has 1 N–H and O–H groups in total. The van der Waals surface area contributed by atoms with Gasteiger partial charge in [0.2, 0.25) is 0 Å². The van der Waals surface area contributed by atoms with Gasteiger partial charge in [-0.2, -0.15) is 0 Å². The lowest BCUT2D eigenvalue weighted by molar-refractivity contribution is -0.113. The Hall–Kier alpha value is -3.57. The first-order valence-electron chi connectivity index (χ1n) is 13.0. The van der Waals surface area contributed by atoms with Crippen molar-refractivity contribution in [1.82, 2.24) is 9.88 Å². The number of aromatic nitrogens is 1. The Morgan fingerprint density at radius 2 is 1.74 bits per heavy atom. The third-order valence-corrected chi connectivity index (χ3v) is 7.55. The molecule has 1 aromatic heterocycles. The predicted octanol–water partition coefficient (Wildman–Crippen LogP) is 7.54. The quantitative estimate of drug-likeness (QED) is 0.227. The molecule has 4 aromatic rings. The number of carbonyl (C=O) groups excluding carboxylic acids is 2. The smallest absolute Gasteiger partial charge is 0.251 e. The van der Waals surface area contributed by atoms with E-state index in [0.717, 1.165) is 39.6 Å². The van der Waals surface area contributed by atoms with Crippen LogP contribution in [0.5, 0.6) is 5.75 Å². The van der Waals surface area contributed by atoms with Gasteiger partial charge >= 0.3 is 0 Å². The highest BCUT2D eigenvalue weighted by atomic mass is 35.5.